The highest BCUT2D eigenvalue weighted by Crippen LogP contribution is 2.19. The van der Waals surface area contributed by atoms with Gasteiger partial charge in [0.2, 0.25) is 0 Å². The lowest BCUT2D eigenvalue weighted by atomic mass is 10.0. The molecule has 0 aliphatic rings. The zero-order valence-corrected chi connectivity index (χ0v) is 16.7. The van der Waals surface area contributed by atoms with Crippen LogP contribution in [0.2, 0.25) is 0 Å². The first kappa shape index (κ1) is 23.9. The molecule has 0 radical (unpaired) electrons. The molecule has 24 heavy (non-hydrogen) atoms. The third-order valence-electron chi connectivity index (χ3n) is 4.74. The first-order valence-corrected chi connectivity index (χ1v) is 11.6. The second-order valence-corrected chi connectivity index (χ2v) is 8.72. The summed E-state index contributed by atoms with van der Waals surface area (Å²) < 4.78 is 32.0. The van der Waals surface area contributed by atoms with Gasteiger partial charge in [0.1, 0.15) is 5.25 Å². The molecule has 0 amide bonds. The van der Waals surface area contributed by atoms with E-state index in [1.807, 2.05) is 6.92 Å². The van der Waals surface area contributed by atoms with Crippen LogP contribution in [0.5, 0.6) is 0 Å². The van der Waals surface area contributed by atoms with Gasteiger partial charge in [-0.3, -0.25) is 4.55 Å². The summed E-state index contributed by atoms with van der Waals surface area (Å²) in [6, 6.07) is 0. The van der Waals surface area contributed by atoms with Crippen LogP contribution in [0, 0.1) is 0 Å². The Hall–Kier alpha value is -0.130. The van der Waals surface area contributed by atoms with Crippen molar-refractivity contribution in [2.45, 2.75) is 122 Å². The summed E-state index contributed by atoms with van der Waals surface area (Å²) >= 11 is 0. The average molecular weight is 365 g/mol. The van der Waals surface area contributed by atoms with Crippen molar-refractivity contribution in [3.63, 3.8) is 0 Å². The Bertz CT molecular complexity index is 368. The predicted octanol–water partition coefficient (Wildman–Crippen LogP) is 5.50. The molecular formula is C19H40O4S. The number of rotatable bonds is 17. The van der Waals surface area contributed by atoms with Gasteiger partial charge in [-0.1, -0.05) is 97.3 Å². The summed E-state index contributed by atoms with van der Waals surface area (Å²) in [5.74, 6) is 0. The zero-order chi connectivity index (χ0) is 18.3. The molecule has 4 nitrogen and oxygen atoms in total. The highest BCUT2D eigenvalue weighted by atomic mass is 32.2. The van der Waals surface area contributed by atoms with E-state index in [2.05, 4.69) is 6.92 Å². The fourth-order valence-electron chi connectivity index (χ4n) is 3.21. The monoisotopic (exact) mass is 364 g/mol. The number of aliphatic hydroxyl groups is 1. The van der Waals surface area contributed by atoms with Crippen LogP contribution in [-0.4, -0.2) is 29.4 Å². The third-order valence-corrected chi connectivity index (χ3v) is 6.05. The smallest absolute Gasteiger partial charge is 0.270 e. The van der Waals surface area contributed by atoms with E-state index < -0.39 is 21.5 Å². The SMILES string of the molecule is CCCCCCCCCCCCCCC(C(O)CCC)S(=O)(=O)O. The predicted molar refractivity (Wildman–Crippen MR) is 102 cm³/mol. The van der Waals surface area contributed by atoms with Crippen molar-refractivity contribution >= 4 is 10.1 Å². The molecule has 0 heterocycles. The zero-order valence-electron chi connectivity index (χ0n) is 15.9. The summed E-state index contributed by atoms with van der Waals surface area (Å²) in [4.78, 5) is 0. The maximum Gasteiger partial charge on any atom is 0.270 e. The van der Waals surface area contributed by atoms with E-state index in [9.17, 15) is 18.1 Å². The second kappa shape index (κ2) is 15.2. The molecule has 2 atom stereocenters. The van der Waals surface area contributed by atoms with Crippen molar-refractivity contribution in [2.24, 2.45) is 0 Å². The van der Waals surface area contributed by atoms with Gasteiger partial charge in [0.15, 0.2) is 0 Å². The highest BCUT2D eigenvalue weighted by molar-refractivity contribution is 7.86. The van der Waals surface area contributed by atoms with Crippen LogP contribution >= 0.6 is 0 Å². The van der Waals surface area contributed by atoms with Gasteiger partial charge in [-0.15, -0.1) is 0 Å². The summed E-state index contributed by atoms with van der Waals surface area (Å²) in [6.45, 7) is 4.14. The van der Waals surface area contributed by atoms with Crippen LogP contribution in [0.25, 0.3) is 0 Å². The molecule has 0 spiro atoms. The van der Waals surface area contributed by atoms with Gasteiger partial charge in [0.05, 0.1) is 6.10 Å². The summed E-state index contributed by atoms with van der Waals surface area (Å²) in [5, 5.41) is 8.87. The molecule has 0 saturated heterocycles. The summed E-state index contributed by atoms with van der Waals surface area (Å²) in [6.07, 6.45) is 15.2. The molecule has 0 saturated carbocycles. The third kappa shape index (κ3) is 13.2. The topological polar surface area (TPSA) is 74.6 Å². The Labute approximate surface area is 150 Å². The first-order chi connectivity index (χ1) is 11.4. The quantitative estimate of drug-likeness (QED) is 0.264. The van der Waals surface area contributed by atoms with E-state index in [4.69, 9.17) is 0 Å². The molecule has 5 heteroatoms. The Kier molecular flexibility index (Phi) is 15.1. The summed E-state index contributed by atoms with van der Waals surface area (Å²) in [7, 11) is -4.15. The fourth-order valence-corrected chi connectivity index (χ4v) is 4.21. The molecule has 146 valence electrons. The van der Waals surface area contributed by atoms with E-state index in [1.165, 1.54) is 57.8 Å². The van der Waals surface area contributed by atoms with Gasteiger partial charge in [0, 0.05) is 0 Å². The van der Waals surface area contributed by atoms with Crippen LogP contribution in [0.15, 0.2) is 0 Å². The van der Waals surface area contributed by atoms with Crippen LogP contribution in [0.1, 0.15) is 110 Å². The molecule has 0 rings (SSSR count). The van der Waals surface area contributed by atoms with Gasteiger partial charge >= 0.3 is 0 Å². The van der Waals surface area contributed by atoms with Gasteiger partial charge in [-0.2, -0.15) is 8.42 Å². The van der Waals surface area contributed by atoms with E-state index >= 15 is 0 Å². The van der Waals surface area contributed by atoms with Crippen molar-refractivity contribution in [1.82, 2.24) is 0 Å². The standard InChI is InChI=1S/C19H40O4S/c1-3-5-6-7-8-9-10-11-12-13-14-15-17-19(24(21,22)23)18(20)16-4-2/h18-20H,3-17H2,1-2H3,(H,21,22,23). The molecule has 0 aliphatic carbocycles. The number of hydrogen-bond donors (Lipinski definition) is 2. The van der Waals surface area contributed by atoms with Crippen molar-refractivity contribution in [2.75, 3.05) is 0 Å². The molecule has 0 aromatic carbocycles. The average Bonchev–Trinajstić information content (AvgIpc) is 2.50. The number of hydrogen-bond acceptors (Lipinski definition) is 3. The lowest BCUT2D eigenvalue weighted by molar-refractivity contribution is 0.149. The van der Waals surface area contributed by atoms with E-state index in [1.54, 1.807) is 0 Å². The van der Waals surface area contributed by atoms with Crippen LogP contribution in [0.3, 0.4) is 0 Å². The Morgan fingerprint density at radius 2 is 1.08 bits per heavy atom. The minimum absolute atomic E-state index is 0.359. The van der Waals surface area contributed by atoms with Gasteiger partial charge < -0.3 is 5.11 Å². The second-order valence-electron chi connectivity index (χ2n) is 7.09. The molecule has 0 aliphatic heterocycles. The first-order valence-electron chi connectivity index (χ1n) is 10.1. The maximum absolute atomic E-state index is 11.4. The Balaban J connectivity index is 3.62. The molecule has 0 aromatic heterocycles. The molecule has 2 N–H and O–H groups in total. The molecule has 2 unspecified atom stereocenters. The number of unbranched alkanes of at least 4 members (excludes halogenated alkanes) is 11. The van der Waals surface area contributed by atoms with Gasteiger partial charge in [-0.25, -0.2) is 0 Å². The Morgan fingerprint density at radius 3 is 1.46 bits per heavy atom. The molecule has 0 fully saturated rings. The number of aliphatic hydroxyl groups excluding tert-OH is 1. The maximum atomic E-state index is 11.4. The van der Waals surface area contributed by atoms with Crippen LogP contribution in [0.4, 0.5) is 0 Å². The van der Waals surface area contributed by atoms with Crippen LogP contribution < -0.4 is 0 Å². The van der Waals surface area contributed by atoms with Crippen molar-refractivity contribution < 1.29 is 18.1 Å². The van der Waals surface area contributed by atoms with Crippen LogP contribution in [-0.2, 0) is 10.1 Å². The largest absolute Gasteiger partial charge is 0.392 e. The van der Waals surface area contributed by atoms with E-state index in [-0.39, 0.29) is 0 Å². The summed E-state index contributed by atoms with van der Waals surface area (Å²) in [5.41, 5.74) is 0. The minimum Gasteiger partial charge on any atom is -0.392 e. The highest BCUT2D eigenvalue weighted by Gasteiger charge is 2.29. The normalized spacial score (nSPS) is 14.7. The van der Waals surface area contributed by atoms with Gasteiger partial charge in [0.25, 0.3) is 10.1 Å². The van der Waals surface area contributed by atoms with E-state index in [0.29, 0.717) is 19.3 Å². The Morgan fingerprint density at radius 1 is 0.667 bits per heavy atom. The molecule has 0 bridgehead atoms. The van der Waals surface area contributed by atoms with Crippen molar-refractivity contribution in [3.05, 3.63) is 0 Å². The lowest BCUT2D eigenvalue weighted by Gasteiger charge is -2.19. The molecule has 0 aromatic rings. The van der Waals surface area contributed by atoms with E-state index in [0.717, 1.165) is 19.3 Å². The van der Waals surface area contributed by atoms with Crippen molar-refractivity contribution in [1.29, 1.82) is 0 Å². The van der Waals surface area contributed by atoms with Gasteiger partial charge in [-0.05, 0) is 12.8 Å². The molecular weight excluding hydrogens is 324 g/mol. The fraction of sp³-hybridized carbons (Fsp3) is 1.00. The lowest BCUT2D eigenvalue weighted by Crippen LogP contribution is -2.33. The minimum atomic E-state index is -4.15. The van der Waals surface area contributed by atoms with Crippen molar-refractivity contribution in [3.8, 4) is 0 Å².